The van der Waals surface area contributed by atoms with Crippen LogP contribution in [0.15, 0.2) is 63.9 Å². The van der Waals surface area contributed by atoms with Gasteiger partial charge in [-0.1, -0.05) is 41.6 Å². The van der Waals surface area contributed by atoms with E-state index in [-0.39, 0.29) is 17.2 Å². The molecule has 0 saturated carbocycles. The van der Waals surface area contributed by atoms with Crippen molar-refractivity contribution in [1.29, 1.82) is 0 Å². The Labute approximate surface area is 216 Å². The van der Waals surface area contributed by atoms with Crippen LogP contribution < -0.4 is 20.3 Å². The van der Waals surface area contributed by atoms with Crippen LogP contribution in [0, 0.1) is 0 Å². The number of benzene rings is 2. The number of thioether (sulfide) groups is 1. The van der Waals surface area contributed by atoms with Crippen LogP contribution in [0.4, 0.5) is 0 Å². The van der Waals surface area contributed by atoms with Gasteiger partial charge in [0.1, 0.15) is 4.70 Å². The lowest BCUT2D eigenvalue weighted by Crippen LogP contribution is -2.27. The molecule has 0 radical (unpaired) electrons. The number of ether oxygens (including phenoxy) is 2. The highest BCUT2D eigenvalue weighted by Gasteiger charge is 2.15. The number of fused-ring (bicyclic) bond motifs is 1. The summed E-state index contributed by atoms with van der Waals surface area (Å²) in [6.07, 6.45) is 0.592. The van der Waals surface area contributed by atoms with Gasteiger partial charge in [0.05, 0.1) is 25.5 Å². The first-order chi connectivity index (χ1) is 17.0. The van der Waals surface area contributed by atoms with E-state index in [0.29, 0.717) is 51.4 Å². The maximum absolute atomic E-state index is 13.2. The molecule has 2 aromatic heterocycles. The highest BCUT2D eigenvalue weighted by molar-refractivity contribution is 7.99. The van der Waals surface area contributed by atoms with Crippen molar-refractivity contribution >= 4 is 50.8 Å². The number of hydrogen-bond donors (Lipinski definition) is 1. The number of carbonyl (C=O) groups excluding carboxylic acids is 1. The smallest absolute Gasteiger partial charge is 0.272 e. The van der Waals surface area contributed by atoms with Gasteiger partial charge in [-0.2, -0.15) is 0 Å². The van der Waals surface area contributed by atoms with Crippen LogP contribution in [0.25, 0.3) is 10.2 Å². The number of carbonyl (C=O) groups is 1. The predicted octanol–water partition coefficient (Wildman–Crippen LogP) is 4.78. The first-order valence-electron chi connectivity index (χ1n) is 10.8. The number of aromatic nitrogens is 2. The van der Waals surface area contributed by atoms with Crippen molar-refractivity contribution in [3.63, 3.8) is 0 Å². The van der Waals surface area contributed by atoms with E-state index in [1.54, 1.807) is 30.9 Å². The van der Waals surface area contributed by atoms with Gasteiger partial charge in [-0.3, -0.25) is 14.2 Å². The molecule has 0 bridgehead atoms. The van der Waals surface area contributed by atoms with E-state index in [1.807, 2.05) is 41.8 Å². The summed E-state index contributed by atoms with van der Waals surface area (Å²) in [5.41, 5.74) is 2.50. The minimum absolute atomic E-state index is 0.102. The zero-order chi connectivity index (χ0) is 24.8. The summed E-state index contributed by atoms with van der Waals surface area (Å²) in [7, 11) is 3.18. The summed E-state index contributed by atoms with van der Waals surface area (Å²) in [5.74, 6) is 1.29. The molecular formula is C25H24ClN3O4S2. The Kier molecular flexibility index (Phi) is 8.33. The fourth-order valence-corrected chi connectivity index (χ4v) is 5.25. The fourth-order valence-electron chi connectivity index (χ4n) is 3.49. The normalized spacial score (nSPS) is 10.9. The SMILES string of the molecule is COc1ccc(CCn2c(SCC(=O)NCc3ccc(Cl)cc3)nc3ccsc3c2=O)cc1OC. The fraction of sp³-hybridized carbons (Fsp3) is 0.240. The molecule has 4 rings (SSSR count). The van der Waals surface area contributed by atoms with Crippen molar-refractivity contribution < 1.29 is 14.3 Å². The van der Waals surface area contributed by atoms with Gasteiger partial charge >= 0.3 is 0 Å². The molecule has 35 heavy (non-hydrogen) atoms. The molecule has 2 heterocycles. The van der Waals surface area contributed by atoms with Crippen molar-refractivity contribution in [2.75, 3.05) is 20.0 Å². The first-order valence-corrected chi connectivity index (χ1v) is 13.1. The summed E-state index contributed by atoms with van der Waals surface area (Å²) < 4.78 is 12.9. The van der Waals surface area contributed by atoms with E-state index in [1.165, 1.54) is 23.1 Å². The summed E-state index contributed by atoms with van der Waals surface area (Å²) in [4.78, 5) is 30.3. The van der Waals surface area contributed by atoms with Crippen molar-refractivity contribution in [3.8, 4) is 11.5 Å². The van der Waals surface area contributed by atoms with Crippen molar-refractivity contribution in [2.45, 2.75) is 24.7 Å². The molecule has 182 valence electrons. The van der Waals surface area contributed by atoms with E-state index in [4.69, 9.17) is 21.1 Å². The third kappa shape index (κ3) is 6.17. The Bertz CT molecular complexity index is 1390. The molecule has 0 aliphatic heterocycles. The average Bonchev–Trinajstić information content (AvgIpc) is 3.35. The molecule has 0 fully saturated rings. The van der Waals surface area contributed by atoms with Gasteiger partial charge in [-0.25, -0.2) is 4.98 Å². The standard InChI is InChI=1S/C25H24ClN3O4S2/c1-32-20-8-5-16(13-21(20)33-2)9-11-29-24(31)23-19(10-12-34-23)28-25(29)35-15-22(30)27-14-17-3-6-18(26)7-4-17/h3-8,10,12-13H,9,11,14-15H2,1-2H3,(H,27,30). The Morgan fingerprint density at radius 1 is 1.09 bits per heavy atom. The molecule has 0 aliphatic carbocycles. The van der Waals surface area contributed by atoms with Crippen LogP contribution >= 0.6 is 34.7 Å². The maximum atomic E-state index is 13.2. The molecule has 4 aromatic rings. The topological polar surface area (TPSA) is 82.5 Å². The minimum atomic E-state index is -0.143. The second kappa shape index (κ2) is 11.6. The van der Waals surface area contributed by atoms with Gasteiger partial charge < -0.3 is 14.8 Å². The van der Waals surface area contributed by atoms with Gasteiger partial charge in [0.15, 0.2) is 16.7 Å². The number of aryl methyl sites for hydroxylation is 1. The molecule has 1 amide bonds. The van der Waals surface area contributed by atoms with Crippen LogP contribution in [0.1, 0.15) is 11.1 Å². The van der Waals surface area contributed by atoms with Gasteiger partial charge in [0.25, 0.3) is 5.56 Å². The van der Waals surface area contributed by atoms with Crippen LogP contribution in [0.5, 0.6) is 11.5 Å². The number of nitrogens with zero attached hydrogens (tertiary/aromatic N) is 2. The van der Waals surface area contributed by atoms with Crippen molar-refractivity contribution in [2.24, 2.45) is 0 Å². The van der Waals surface area contributed by atoms with Gasteiger partial charge in [-0.05, 0) is 53.3 Å². The lowest BCUT2D eigenvalue weighted by Gasteiger charge is -2.13. The minimum Gasteiger partial charge on any atom is -0.493 e. The Morgan fingerprint density at radius 3 is 2.57 bits per heavy atom. The predicted molar refractivity (Wildman–Crippen MR) is 141 cm³/mol. The molecular weight excluding hydrogens is 506 g/mol. The molecule has 0 saturated heterocycles. The average molecular weight is 530 g/mol. The molecule has 7 nitrogen and oxygen atoms in total. The second-order valence-corrected chi connectivity index (χ2v) is 9.91. The number of amides is 1. The van der Waals surface area contributed by atoms with Crippen molar-refractivity contribution in [3.05, 3.63) is 80.4 Å². The number of hydrogen-bond acceptors (Lipinski definition) is 7. The zero-order valence-corrected chi connectivity index (χ0v) is 21.6. The van der Waals surface area contributed by atoms with E-state index in [2.05, 4.69) is 10.3 Å². The first kappa shape index (κ1) is 25.1. The number of thiophene rings is 1. The lowest BCUT2D eigenvalue weighted by molar-refractivity contribution is -0.118. The number of nitrogens with one attached hydrogen (secondary N) is 1. The van der Waals surface area contributed by atoms with E-state index >= 15 is 0 Å². The molecule has 1 N–H and O–H groups in total. The highest BCUT2D eigenvalue weighted by atomic mass is 35.5. The van der Waals surface area contributed by atoms with Crippen LogP contribution in [-0.4, -0.2) is 35.4 Å². The van der Waals surface area contributed by atoms with Crippen molar-refractivity contribution in [1.82, 2.24) is 14.9 Å². The number of rotatable bonds is 10. The Hall–Kier alpha value is -3.01. The van der Waals surface area contributed by atoms with E-state index < -0.39 is 0 Å². The van der Waals surface area contributed by atoms with Crippen LogP contribution in [0.3, 0.4) is 0 Å². The monoisotopic (exact) mass is 529 g/mol. The van der Waals surface area contributed by atoms with Gasteiger partial charge in [0.2, 0.25) is 5.91 Å². The van der Waals surface area contributed by atoms with E-state index in [9.17, 15) is 9.59 Å². The quantitative estimate of drug-likeness (QED) is 0.235. The molecule has 2 aromatic carbocycles. The Balaban J connectivity index is 1.48. The van der Waals surface area contributed by atoms with Gasteiger partial charge in [-0.15, -0.1) is 11.3 Å². The highest BCUT2D eigenvalue weighted by Crippen LogP contribution is 2.28. The lowest BCUT2D eigenvalue weighted by atomic mass is 10.1. The van der Waals surface area contributed by atoms with Crippen LogP contribution in [0.2, 0.25) is 5.02 Å². The van der Waals surface area contributed by atoms with Gasteiger partial charge in [0, 0.05) is 18.1 Å². The molecule has 0 spiro atoms. The summed E-state index contributed by atoms with van der Waals surface area (Å²) >= 11 is 8.53. The summed E-state index contributed by atoms with van der Waals surface area (Å²) in [6.45, 7) is 0.823. The summed E-state index contributed by atoms with van der Waals surface area (Å²) in [5, 5.41) is 5.91. The van der Waals surface area contributed by atoms with E-state index in [0.717, 1.165) is 11.1 Å². The number of methoxy groups -OCH3 is 2. The third-order valence-electron chi connectivity index (χ3n) is 5.34. The molecule has 0 aliphatic rings. The molecule has 0 unspecified atom stereocenters. The van der Waals surface area contributed by atoms with Crippen LogP contribution in [-0.2, 0) is 24.3 Å². The zero-order valence-electron chi connectivity index (χ0n) is 19.2. The molecule has 10 heteroatoms. The Morgan fingerprint density at radius 2 is 1.83 bits per heavy atom. The third-order valence-corrected chi connectivity index (χ3v) is 7.46. The largest absolute Gasteiger partial charge is 0.493 e. The second-order valence-electron chi connectivity index (χ2n) is 7.62. The maximum Gasteiger partial charge on any atom is 0.272 e. The number of halogens is 1. The summed E-state index contributed by atoms with van der Waals surface area (Å²) in [6, 6.07) is 14.8. The molecule has 0 atom stereocenters.